The number of nitrogens with one attached hydrogen (secondary N) is 1. The second-order valence-corrected chi connectivity index (χ2v) is 10.3. The molecule has 34 heavy (non-hydrogen) atoms. The Bertz CT molecular complexity index is 1210. The molecular formula is C22H24Cl2N4O4S2. The highest BCUT2D eigenvalue weighted by Crippen LogP contribution is 2.35. The summed E-state index contributed by atoms with van der Waals surface area (Å²) >= 11 is 14.8. The van der Waals surface area contributed by atoms with Gasteiger partial charge in [-0.05, 0) is 38.0 Å². The van der Waals surface area contributed by atoms with Crippen molar-refractivity contribution in [3.63, 3.8) is 0 Å². The zero-order valence-corrected chi connectivity index (χ0v) is 22.4. The molecule has 0 fully saturated rings. The number of hydrogen-bond donors (Lipinski definition) is 1. The Hall–Kier alpha value is -2.27. The summed E-state index contributed by atoms with van der Waals surface area (Å²) in [5.74, 6) is 0.362. The first-order valence-corrected chi connectivity index (χ1v) is 12.9. The molecule has 182 valence electrons. The number of ether oxygens (including phenoxy) is 2. The molecule has 8 nitrogen and oxygen atoms in total. The van der Waals surface area contributed by atoms with Gasteiger partial charge >= 0.3 is 5.97 Å². The van der Waals surface area contributed by atoms with Crippen molar-refractivity contribution in [1.82, 2.24) is 14.8 Å². The minimum atomic E-state index is -0.462. The van der Waals surface area contributed by atoms with Crippen molar-refractivity contribution >= 4 is 63.2 Å². The monoisotopic (exact) mass is 542 g/mol. The number of rotatable bonds is 9. The molecule has 0 saturated carbocycles. The number of carbonyl (C=O) groups is 2. The van der Waals surface area contributed by atoms with Crippen molar-refractivity contribution in [1.29, 1.82) is 0 Å². The summed E-state index contributed by atoms with van der Waals surface area (Å²) in [7, 11) is 3.12. The average molecular weight is 543 g/mol. The maximum atomic E-state index is 12.6. The maximum Gasteiger partial charge on any atom is 0.341 e. The highest BCUT2D eigenvalue weighted by atomic mass is 35.5. The van der Waals surface area contributed by atoms with E-state index in [4.69, 9.17) is 32.7 Å². The molecule has 0 saturated heterocycles. The average Bonchev–Trinajstić information content (AvgIpc) is 3.32. The fourth-order valence-corrected chi connectivity index (χ4v) is 5.51. The lowest BCUT2D eigenvalue weighted by molar-refractivity contribution is -0.113. The number of carbonyl (C=O) groups excluding carboxylic acids is 2. The predicted molar refractivity (Wildman–Crippen MR) is 136 cm³/mol. The van der Waals surface area contributed by atoms with Crippen LogP contribution < -0.4 is 10.1 Å². The lowest BCUT2D eigenvalue weighted by Crippen LogP contribution is -2.16. The number of esters is 1. The lowest BCUT2D eigenvalue weighted by Gasteiger charge is -2.15. The van der Waals surface area contributed by atoms with E-state index in [-0.39, 0.29) is 11.7 Å². The highest BCUT2D eigenvalue weighted by Gasteiger charge is 2.24. The SMILES string of the molecule is CCc1c(C)sc(NC(=O)CSc2nnc(C(C)Oc3cc(Cl)ccc3Cl)n2C)c1C(=O)OC. The van der Waals surface area contributed by atoms with Gasteiger partial charge in [0.2, 0.25) is 5.91 Å². The Morgan fingerprint density at radius 3 is 2.71 bits per heavy atom. The van der Waals surface area contributed by atoms with Gasteiger partial charge < -0.3 is 19.4 Å². The number of thioether (sulfide) groups is 1. The summed E-state index contributed by atoms with van der Waals surface area (Å²) < 4.78 is 12.6. The largest absolute Gasteiger partial charge is 0.481 e. The van der Waals surface area contributed by atoms with Crippen LogP contribution in [0.2, 0.25) is 10.0 Å². The first-order chi connectivity index (χ1) is 16.2. The molecule has 1 N–H and O–H groups in total. The molecule has 3 aromatic rings. The molecule has 0 aliphatic carbocycles. The van der Waals surface area contributed by atoms with Crippen molar-refractivity contribution in [2.45, 2.75) is 38.5 Å². The number of anilines is 1. The Labute approximate surface area is 215 Å². The van der Waals surface area contributed by atoms with Crippen LogP contribution in [0.25, 0.3) is 0 Å². The smallest absolute Gasteiger partial charge is 0.341 e. The molecule has 1 atom stereocenters. The number of hydrogen-bond acceptors (Lipinski definition) is 8. The Kier molecular flexibility index (Phi) is 8.86. The van der Waals surface area contributed by atoms with E-state index in [1.807, 2.05) is 20.8 Å². The van der Waals surface area contributed by atoms with Gasteiger partial charge in [-0.15, -0.1) is 21.5 Å². The normalized spacial score (nSPS) is 11.9. The molecule has 0 radical (unpaired) electrons. The number of nitrogens with zero attached hydrogens (tertiary/aromatic N) is 3. The predicted octanol–water partition coefficient (Wildman–Crippen LogP) is 5.71. The number of halogens is 2. The van der Waals surface area contributed by atoms with Crippen molar-refractivity contribution in [3.8, 4) is 5.75 Å². The van der Waals surface area contributed by atoms with E-state index in [0.717, 1.165) is 10.4 Å². The number of benzene rings is 1. The molecule has 0 aliphatic rings. The first kappa shape index (κ1) is 26.3. The molecule has 0 spiro atoms. The van der Waals surface area contributed by atoms with E-state index < -0.39 is 12.1 Å². The van der Waals surface area contributed by atoms with Crippen LogP contribution in [0.15, 0.2) is 23.4 Å². The third-order valence-corrected chi connectivity index (χ3v) is 7.60. The highest BCUT2D eigenvalue weighted by molar-refractivity contribution is 7.99. The number of thiophene rings is 1. The zero-order chi connectivity index (χ0) is 25.0. The molecular weight excluding hydrogens is 519 g/mol. The van der Waals surface area contributed by atoms with Crippen LogP contribution in [-0.4, -0.2) is 39.5 Å². The molecule has 0 bridgehead atoms. The van der Waals surface area contributed by atoms with Gasteiger partial charge in [-0.2, -0.15) is 0 Å². The van der Waals surface area contributed by atoms with Gasteiger partial charge in [0.15, 0.2) is 17.1 Å². The quantitative estimate of drug-likeness (QED) is 0.273. The number of aromatic nitrogens is 3. The summed E-state index contributed by atoms with van der Waals surface area (Å²) in [5, 5.41) is 13.2. The van der Waals surface area contributed by atoms with Gasteiger partial charge in [0.1, 0.15) is 10.8 Å². The van der Waals surface area contributed by atoms with Gasteiger partial charge in [-0.3, -0.25) is 4.79 Å². The summed E-state index contributed by atoms with van der Waals surface area (Å²) in [6.07, 6.45) is 0.209. The summed E-state index contributed by atoms with van der Waals surface area (Å²) in [6.45, 7) is 5.70. The van der Waals surface area contributed by atoms with Crippen LogP contribution >= 0.6 is 46.3 Å². The molecule has 1 amide bonds. The van der Waals surface area contributed by atoms with Crippen molar-refractivity contribution in [2.24, 2.45) is 7.05 Å². The number of amides is 1. The Morgan fingerprint density at radius 2 is 2.03 bits per heavy atom. The van der Waals surface area contributed by atoms with Gasteiger partial charge in [-0.25, -0.2) is 4.79 Å². The van der Waals surface area contributed by atoms with Crippen molar-refractivity contribution in [2.75, 3.05) is 18.2 Å². The molecule has 2 aromatic heterocycles. The molecule has 12 heteroatoms. The fourth-order valence-electron chi connectivity index (χ4n) is 3.32. The third kappa shape index (κ3) is 5.86. The molecule has 1 unspecified atom stereocenters. The van der Waals surface area contributed by atoms with E-state index in [1.165, 1.54) is 30.2 Å². The topological polar surface area (TPSA) is 95.3 Å². The fraction of sp³-hybridized carbons (Fsp3) is 0.364. The minimum Gasteiger partial charge on any atom is -0.481 e. The third-order valence-electron chi connectivity index (χ3n) is 4.97. The maximum absolute atomic E-state index is 12.6. The van der Waals surface area contributed by atoms with Crippen LogP contribution in [0, 0.1) is 6.92 Å². The number of aryl methyl sites for hydroxylation is 1. The van der Waals surface area contributed by atoms with Crippen LogP contribution in [0.3, 0.4) is 0 Å². The van der Waals surface area contributed by atoms with Gasteiger partial charge in [0.05, 0.1) is 23.4 Å². The van der Waals surface area contributed by atoms with Crippen LogP contribution in [0.5, 0.6) is 5.75 Å². The molecule has 3 rings (SSSR count). The standard InChI is InChI=1S/C22H24Cl2N4O4S2/c1-6-14-12(3)34-20(18(14)21(30)31-5)25-17(29)10-33-22-27-26-19(28(22)4)11(2)32-16-9-13(23)7-8-15(16)24/h7-9,11H,6,10H2,1-5H3,(H,25,29). The van der Waals surface area contributed by atoms with Gasteiger partial charge in [-0.1, -0.05) is 41.9 Å². The van der Waals surface area contributed by atoms with Gasteiger partial charge in [0, 0.05) is 23.0 Å². The summed E-state index contributed by atoms with van der Waals surface area (Å²) in [6, 6.07) is 4.97. The first-order valence-electron chi connectivity index (χ1n) is 10.3. The van der Waals surface area contributed by atoms with Crippen molar-refractivity contribution in [3.05, 3.63) is 50.1 Å². The molecule has 1 aromatic carbocycles. The van der Waals surface area contributed by atoms with E-state index in [9.17, 15) is 9.59 Å². The van der Waals surface area contributed by atoms with E-state index in [0.29, 0.717) is 43.8 Å². The van der Waals surface area contributed by atoms with Crippen LogP contribution in [0.4, 0.5) is 5.00 Å². The van der Waals surface area contributed by atoms with Crippen LogP contribution in [-0.2, 0) is 23.0 Å². The van der Waals surface area contributed by atoms with E-state index >= 15 is 0 Å². The minimum absolute atomic E-state index is 0.0837. The zero-order valence-electron chi connectivity index (χ0n) is 19.3. The molecule has 0 aliphatic heterocycles. The number of methoxy groups -OCH3 is 1. The summed E-state index contributed by atoms with van der Waals surface area (Å²) in [4.78, 5) is 25.9. The second kappa shape index (κ2) is 11.4. The second-order valence-electron chi connectivity index (χ2n) is 7.26. The Balaban J connectivity index is 1.66. The Morgan fingerprint density at radius 1 is 1.29 bits per heavy atom. The van der Waals surface area contributed by atoms with E-state index in [2.05, 4.69) is 15.5 Å². The van der Waals surface area contributed by atoms with Gasteiger partial charge in [0.25, 0.3) is 0 Å². The summed E-state index contributed by atoms with van der Waals surface area (Å²) in [5.41, 5.74) is 1.30. The van der Waals surface area contributed by atoms with Crippen molar-refractivity contribution < 1.29 is 19.1 Å². The lowest BCUT2D eigenvalue weighted by atomic mass is 10.1. The van der Waals surface area contributed by atoms with E-state index in [1.54, 1.807) is 29.8 Å². The van der Waals surface area contributed by atoms with Crippen LogP contribution in [0.1, 0.15) is 46.6 Å². The molecule has 2 heterocycles.